The van der Waals surface area contributed by atoms with Crippen LogP contribution in [0.1, 0.15) is 12.5 Å². The quantitative estimate of drug-likeness (QED) is 0.678. The summed E-state index contributed by atoms with van der Waals surface area (Å²) in [5.41, 5.74) is 0.948. The lowest BCUT2D eigenvalue weighted by Crippen LogP contribution is -2.41. The number of fused-ring (bicyclic) bond motifs is 1. The first-order valence-electron chi connectivity index (χ1n) is 6.45. The molecule has 1 aromatic heterocycles. The fourth-order valence-corrected chi connectivity index (χ4v) is 4.50. The van der Waals surface area contributed by atoms with Crippen molar-refractivity contribution in [1.29, 1.82) is 0 Å². The first-order chi connectivity index (χ1) is 10.5. The Balaban J connectivity index is 1.98. The van der Waals surface area contributed by atoms with Crippen molar-refractivity contribution in [2.45, 2.75) is 13.0 Å². The predicted octanol–water partition coefficient (Wildman–Crippen LogP) is 3.58. The van der Waals surface area contributed by atoms with Crippen molar-refractivity contribution in [3.63, 3.8) is 0 Å². The summed E-state index contributed by atoms with van der Waals surface area (Å²) in [5.74, 6) is -1.42. The zero-order chi connectivity index (χ0) is 15.9. The van der Waals surface area contributed by atoms with Gasteiger partial charge in [-0.25, -0.2) is 4.79 Å². The maximum absolute atomic E-state index is 12.4. The summed E-state index contributed by atoms with van der Waals surface area (Å²) >= 11 is 7.90. The van der Waals surface area contributed by atoms with Gasteiger partial charge in [0.05, 0.1) is 4.91 Å². The van der Waals surface area contributed by atoms with Crippen molar-refractivity contribution < 1.29 is 14.7 Å². The molecule has 0 aliphatic carbocycles. The SMILES string of the molecule is CC(C(=O)O)N1C(=O)/C(=C/c2csc3ccccc23)SC1=S. The molecule has 0 bridgehead atoms. The number of aliphatic carboxylic acids is 1. The number of thiocarbonyl (C=S) groups is 1. The molecule has 1 aliphatic rings. The van der Waals surface area contributed by atoms with E-state index >= 15 is 0 Å². The van der Waals surface area contributed by atoms with Gasteiger partial charge in [-0.1, -0.05) is 42.2 Å². The van der Waals surface area contributed by atoms with E-state index < -0.39 is 12.0 Å². The van der Waals surface area contributed by atoms with Crippen LogP contribution >= 0.6 is 35.3 Å². The Morgan fingerprint density at radius 2 is 2.14 bits per heavy atom. The predicted molar refractivity (Wildman–Crippen MR) is 93.9 cm³/mol. The maximum Gasteiger partial charge on any atom is 0.326 e. The van der Waals surface area contributed by atoms with Crippen molar-refractivity contribution in [2.24, 2.45) is 0 Å². The molecule has 2 aromatic rings. The second-order valence-electron chi connectivity index (χ2n) is 4.75. The third-order valence-electron chi connectivity index (χ3n) is 3.37. The van der Waals surface area contributed by atoms with Gasteiger partial charge in [-0.05, 0) is 35.4 Å². The molecule has 4 nitrogen and oxygen atoms in total. The van der Waals surface area contributed by atoms with Crippen LogP contribution in [0.15, 0.2) is 34.6 Å². The van der Waals surface area contributed by atoms with Crippen LogP contribution < -0.4 is 0 Å². The Hall–Kier alpha value is -1.70. The minimum Gasteiger partial charge on any atom is -0.480 e. The number of carboxylic acid groups (broad SMARTS) is 1. The van der Waals surface area contributed by atoms with Crippen molar-refractivity contribution in [3.05, 3.63) is 40.1 Å². The average Bonchev–Trinajstić information content (AvgIpc) is 3.01. The highest BCUT2D eigenvalue weighted by atomic mass is 32.2. The molecule has 1 aliphatic heterocycles. The molecule has 22 heavy (non-hydrogen) atoms. The number of rotatable bonds is 3. The van der Waals surface area contributed by atoms with Gasteiger partial charge >= 0.3 is 5.97 Å². The van der Waals surface area contributed by atoms with Gasteiger partial charge in [0, 0.05) is 4.70 Å². The Kier molecular flexibility index (Phi) is 4.03. The lowest BCUT2D eigenvalue weighted by atomic mass is 10.1. The summed E-state index contributed by atoms with van der Waals surface area (Å²) in [5, 5.41) is 12.1. The minimum absolute atomic E-state index is 0.283. The summed E-state index contributed by atoms with van der Waals surface area (Å²) in [6.45, 7) is 1.45. The number of carbonyl (C=O) groups is 2. The van der Waals surface area contributed by atoms with Gasteiger partial charge in [-0.2, -0.15) is 0 Å². The molecular formula is C15H11NO3S3. The number of amides is 1. The van der Waals surface area contributed by atoms with Crippen LogP contribution in [0.4, 0.5) is 0 Å². The van der Waals surface area contributed by atoms with E-state index in [1.54, 1.807) is 17.4 Å². The zero-order valence-electron chi connectivity index (χ0n) is 11.5. The van der Waals surface area contributed by atoms with Crippen LogP contribution in [0.5, 0.6) is 0 Å². The molecular weight excluding hydrogens is 338 g/mol. The van der Waals surface area contributed by atoms with E-state index in [0.717, 1.165) is 32.3 Å². The summed E-state index contributed by atoms with van der Waals surface area (Å²) in [6, 6.07) is 6.98. The van der Waals surface area contributed by atoms with Gasteiger partial charge in [-0.3, -0.25) is 9.69 Å². The monoisotopic (exact) mass is 349 g/mol. The van der Waals surface area contributed by atoms with Gasteiger partial charge in [0.1, 0.15) is 10.4 Å². The molecule has 1 fully saturated rings. The number of nitrogens with zero attached hydrogens (tertiary/aromatic N) is 1. The number of hydrogen-bond acceptors (Lipinski definition) is 5. The molecule has 7 heteroatoms. The van der Waals surface area contributed by atoms with Crippen LogP contribution in [-0.2, 0) is 9.59 Å². The largest absolute Gasteiger partial charge is 0.480 e. The Bertz CT molecular complexity index is 824. The third-order valence-corrected chi connectivity index (χ3v) is 5.68. The van der Waals surface area contributed by atoms with Crippen molar-refractivity contribution in [1.82, 2.24) is 4.90 Å². The topological polar surface area (TPSA) is 57.6 Å². The molecule has 1 unspecified atom stereocenters. The maximum atomic E-state index is 12.4. The number of carboxylic acids is 1. The van der Waals surface area contributed by atoms with E-state index in [2.05, 4.69) is 0 Å². The van der Waals surface area contributed by atoms with Gasteiger partial charge < -0.3 is 5.11 Å². The van der Waals surface area contributed by atoms with Crippen LogP contribution in [0.3, 0.4) is 0 Å². The normalized spacial score (nSPS) is 18.4. The van der Waals surface area contributed by atoms with E-state index in [1.165, 1.54) is 6.92 Å². The molecule has 1 amide bonds. The van der Waals surface area contributed by atoms with Gasteiger partial charge in [-0.15, -0.1) is 11.3 Å². The van der Waals surface area contributed by atoms with Crippen molar-refractivity contribution in [2.75, 3.05) is 0 Å². The molecule has 0 spiro atoms. The van der Waals surface area contributed by atoms with Crippen molar-refractivity contribution in [3.8, 4) is 0 Å². The van der Waals surface area contributed by atoms with E-state index in [9.17, 15) is 9.59 Å². The molecule has 3 rings (SSSR count). The highest BCUT2D eigenvalue weighted by Gasteiger charge is 2.38. The van der Waals surface area contributed by atoms with E-state index in [4.69, 9.17) is 17.3 Å². The first-order valence-corrected chi connectivity index (χ1v) is 8.55. The Morgan fingerprint density at radius 1 is 1.41 bits per heavy atom. The number of hydrogen-bond donors (Lipinski definition) is 1. The molecule has 112 valence electrons. The Morgan fingerprint density at radius 3 is 2.86 bits per heavy atom. The number of thiophene rings is 1. The summed E-state index contributed by atoms with van der Waals surface area (Å²) in [7, 11) is 0. The highest BCUT2D eigenvalue weighted by molar-refractivity contribution is 8.26. The second-order valence-corrected chi connectivity index (χ2v) is 7.34. The number of carbonyl (C=O) groups excluding carboxylic acids is 1. The fraction of sp³-hybridized carbons (Fsp3) is 0.133. The summed E-state index contributed by atoms with van der Waals surface area (Å²) in [6.07, 6.45) is 1.78. The van der Waals surface area contributed by atoms with Crippen LogP contribution in [0, 0.1) is 0 Å². The van der Waals surface area contributed by atoms with Crippen molar-refractivity contribution >= 4 is 67.7 Å². The number of thioether (sulfide) groups is 1. The standard InChI is InChI=1S/C15H11NO3S3/c1-8(14(18)19)16-13(17)12(22-15(16)20)6-9-7-21-11-5-3-2-4-10(9)11/h2-8H,1H3,(H,18,19)/b12-6-. The second kappa shape index (κ2) is 5.83. The zero-order valence-corrected chi connectivity index (χ0v) is 13.9. The lowest BCUT2D eigenvalue weighted by molar-refractivity contribution is -0.144. The molecule has 1 aromatic carbocycles. The molecule has 0 saturated carbocycles. The minimum atomic E-state index is -1.07. The lowest BCUT2D eigenvalue weighted by Gasteiger charge is -2.18. The van der Waals surface area contributed by atoms with Gasteiger partial charge in [0.25, 0.3) is 5.91 Å². The Labute approximate surface area is 140 Å². The van der Waals surface area contributed by atoms with Crippen LogP contribution in [-0.4, -0.2) is 32.2 Å². The van der Waals surface area contributed by atoms with Gasteiger partial charge in [0.2, 0.25) is 0 Å². The molecule has 2 heterocycles. The highest BCUT2D eigenvalue weighted by Crippen LogP contribution is 2.36. The first kappa shape index (κ1) is 15.2. The van der Waals surface area contributed by atoms with Crippen LogP contribution in [0.25, 0.3) is 16.2 Å². The molecule has 1 saturated heterocycles. The third kappa shape index (κ3) is 2.55. The molecule has 1 atom stereocenters. The summed E-state index contributed by atoms with van der Waals surface area (Å²) in [4.78, 5) is 25.1. The average molecular weight is 349 g/mol. The molecule has 1 N–H and O–H groups in total. The smallest absolute Gasteiger partial charge is 0.326 e. The van der Waals surface area contributed by atoms with E-state index in [0.29, 0.717) is 4.91 Å². The van der Waals surface area contributed by atoms with Gasteiger partial charge in [0.15, 0.2) is 0 Å². The fourth-order valence-electron chi connectivity index (χ4n) is 2.18. The number of benzene rings is 1. The molecule has 0 radical (unpaired) electrons. The van der Waals surface area contributed by atoms with Crippen LogP contribution in [0.2, 0.25) is 0 Å². The summed E-state index contributed by atoms with van der Waals surface area (Å²) < 4.78 is 1.42. The van der Waals surface area contributed by atoms with E-state index in [1.807, 2.05) is 29.6 Å². The van der Waals surface area contributed by atoms with E-state index in [-0.39, 0.29) is 10.2 Å².